The van der Waals surface area contributed by atoms with Crippen LogP contribution in [0.1, 0.15) is 18.0 Å². The smallest absolute Gasteiger partial charge is 0.330 e. The van der Waals surface area contributed by atoms with Crippen LogP contribution in [0.2, 0.25) is 0 Å². The van der Waals surface area contributed by atoms with Gasteiger partial charge < -0.3 is 15.3 Å². The maximum Gasteiger partial charge on any atom is 0.330 e. The summed E-state index contributed by atoms with van der Waals surface area (Å²) >= 11 is 1.23. The van der Waals surface area contributed by atoms with E-state index >= 15 is 0 Å². The summed E-state index contributed by atoms with van der Waals surface area (Å²) in [5.74, 6) is -0.749. The van der Waals surface area contributed by atoms with Gasteiger partial charge in [0.25, 0.3) is 5.24 Å². The number of benzene rings is 1. The molecule has 2 N–H and O–H groups in total. The van der Waals surface area contributed by atoms with Crippen LogP contribution in [0.4, 0.5) is 4.79 Å². The number of hydrogen-bond acceptors (Lipinski definition) is 4. The second-order valence-electron chi connectivity index (χ2n) is 4.60. The standard InChI is InChI=1S/C14H16N2O4S/c17-11(6-7-16-8-9-21-14(16)20)15-12(13(18)19)10-4-2-1-3-5-10/h1-5,12H,6-9H2,(H,15,17)(H,18,19). The van der Waals surface area contributed by atoms with E-state index < -0.39 is 12.0 Å². The Morgan fingerprint density at radius 2 is 2.05 bits per heavy atom. The second-order valence-corrected chi connectivity index (χ2v) is 5.65. The Kier molecular flexibility index (Phi) is 5.21. The molecule has 6 nitrogen and oxygen atoms in total. The predicted octanol–water partition coefficient (Wildman–Crippen LogP) is 1.49. The number of carbonyl (C=O) groups excluding carboxylic acids is 2. The van der Waals surface area contributed by atoms with Crippen molar-refractivity contribution in [1.82, 2.24) is 10.2 Å². The molecule has 0 spiro atoms. The third kappa shape index (κ3) is 4.22. The number of nitrogens with zero attached hydrogens (tertiary/aromatic N) is 1. The first-order chi connectivity index (χ1) is 10.1. The van der Waals surface area contributed by atoms with Gasteiger partial charge in [-0.25, -0.2) is 4.79 Å². The molecule has 7 heteroatoms. The molecule has 1 unspecified atom stereocenters. The molecule has 1 aromatic carbocycles. The first-order valence-corrected chi connectivity index (χ1v) is 7.55. The van der Waals surface area contributed by atoms with Crippen molar-refractivity contribution in [2.24, 2.45) is 0 Å². The molecule has 0 aromatic heterocycles. The summed E-state index contributed by atoms with van der Waals surface area (Å²) in [6.45, 7) is 0.955. The Hall–Kier alpha value is -2.02. The highest BCUT2D eigenvalue weighted by Crippen LogP contribution is 2.17. The van der Waals surface area contributed by atoms with Crippen LogP contribution in [0.25, 0.3) is 0 Å². The molecule has 0 radical (unpaired) electrons. The lowest BCUT2D eigenvalue weighted by molar-refractivity contribution is -0.142. The van der Waals surface area contributed by atoms with Crippen LogP contribution in [0, 0.1) is 0 Å². The zero-order valence-electron chi connectivity index (χ0n) is 11.3. The normalized spacial score (nSPS) is 15.8. The van der Waals surface area contributed by atoms with E-state index in [2.05, 4.69) is 5.32 Å². The molecule has 2 amide bonds. The topological polar surface area (TPSA) is 86.7 Å². The Morgan fingerprint density at radius 3 is 2.62 bits per heavy atom. The minimum atomic E-state index is -1.11. The summed E-state index contributed by atoms with van der Waals surface area (Å²) in [6, 6.07) is 7.46. The number of aliphatic carboxylic acids is 1. The molecular weight excluding hydrogens is 292 g/mol. The highest BCUT2D eigenvalue weighted by atomic mass is 32.2. The van der Waals surface area contributed by atoms with Crippen molar-refractivity contribution >= 4 is 28.9 Å². The van der Waals surface area contributed by atoms with Gasteiger partial charge in [-0.15, -0.1) is 0 Å². The summed E-state index contributed by atoms with van der Waals surface area (Å²) in [6.07, 6.45) is 0.100. The lowest BCUT2D eigenvalue weighted by atomic mass is 10.1. The number of carboxylic acids is 1. The molecule has 1 aromatic rings. The van der Waals surface area contributed by atoms with Crippen molar-refractivity contribution in [1.29, 1.82) is 0 Å². The first-order valence-electron chi connectivity index (χ1n) is 6.57. The summed E-state index contributed by atoms with van der Waals surface area (Å²) in [5, 5.41) is 11.7. The largest absolute Gasteiger partial charge is 0.479 e. The van der Waals surface area contributed by atoms with Crippen LogP contribution >= 0.6 is 11.8 Å². The van der Waals surface area contributed by atoms with Crippen molar-refractivity contribution < 1.29 is 19.5 Å². The molecule has 1 heterocycles. The number of amides is 2. The summed E-state index contributed by atoms with van der Waals surface area (Å²) in [5.41, 5.74) is 0.520. The predicted molar refractivity (Wildman–Crippen MR) is 79.0 cm³/mol. The minimum Gasteiger partial charge on any atom is -0.479 e. The Balaban J connectivity index is 1.90. The molecule has 1 atom stereocenters. The van der Waals surface area contributed by atoms with Crippen molar-refractivity contribution in [3.05, 3.63) is 35.9 Å². The van der Waals surface area contributed by atoms with Crippen LogP contribution in [-0.2, 0) is 9.59 Å². The molecule has 1 fully saturated rings. The summed E-state index contributed by atoms with van der Waals surface area (Å²) in [4.78, 5) is 36.1. The summed E-state index contributed by atoms with van der Waals surface area (Å²) < 4.78 is 0. The van der Waals surface area contributed by atoms with Gasteiger partial charge in [0, 0.05) is 25.3 Å². The summed E-state index contributed by atoms with van der Waals surface area (Å²) in [7, 11) is 0. The molecule has 2 rings (SSSR count). The number of nitrogens with one attached hydrogen (secondary N) is 1. The molecule has 0 saturated carbocycles. The first kappa shape index (κ1) is 15.4. The zero-order chi connectivity index (χ0) is 15.2. The lowest BCUT2D eigenvalue weighted by Crippen LogP contribution is -2.36. The van der Waals surface area contributed by atoms with Crippen LogP contribution in [0.3, 0.4) is 0 Å². The minimum absolute atomic E-state index is 0.0272. The fourth-order valence-corrected chi connectivity index (χ4v) is 2.88. The Labute approximate surface area is 126 Å². The van der Waals surface area contributed by atoms with Crippen molar-refractivity contribution in [3.8, 4) is 0 Å². The number of hydrogen-bond donors (Lipinski definition) is 2. The Bertz CT molecular complexity index is 535. The fourth-order valence-electron chi connectivity index (χ4n) is 2.03. The second kappa shape index (κ2) is 7.12. The van der Waals surface area contributed by atoms with Gasteiger partial charge in [-0.3, -0.25) is 9.59 Å². The molecule has 0 bridgehead atoms. The van der Waals surface area contributed by atoms with E-state index in [1.165, 1.54) is 11.8 Å². The van der Waals surface area contributed by atoms with Gasteiger partial charge in [0.2, 0.25) is 5.91 Å². The van der Waals surface area contributed by atoms with Gasteiger partial charge in [0.1, 0.15) is 0 Å². The lowest BCUT2D eigenvalue weighted by Gasteiger charge is -2.17. The average molecular weight is 308 g/mol. The van der Waals surface area contributed by atoms with Crippen molar-refractivity contribution in [2.75, 3.05) is 18.8 Å². The van der Waals surface area contributed by atoms with Gasteiger partial charge in [-0.05, 0) is 5.56 Å². The zero-order valence-corrected chi connectivity index (χ0v) is 12.1. The van der Waals surface area contributed by atoms with Crippen LogP contribution < -0.4 is 5.32 Å². The average Bonchev–Trinajstić information content (AvgIpc) is 2.88. The van der Waals surface area contributed by atoms with Gasteiger partial charge in [0.05, 0.1) is 0 Å². The van der Waals surface area contributed by atoms with E-state index in [1.54, 1.807) is 35.2 Å². The highest BCUT2D eigenvalue weighted by Gasteiger charge is 2.24. The van der Waals surface area contributed by atoms with E-state index in [0.29, 0.717) is 18.7 Å². The maximum absolute atomic E-state index is 11.9. The van der Waals surface area contributed by atoms with Crippen molar-refractivity contribution in [3.63, 3.8) is 0 Å². The molecule has 1 aliphatic rings. The third-order valence-corrected chi connectivity index (χ3v) is 4.03. The SMILES string of the molecule is O=C(CCN1CCSC1=O)NC(C(=O)O)c1ccccc1. The van der Waals surface area contributed by atoms with Crippen LogP contribution in [0.5, 0.6) is 0 Å². The van der Waals surface area contributed by atoms with Crippen molar-refractivity contribution in [2.45, 2.75) is 12.5 Å². The van der Waals surface area contributed by atoms with E-state index in [0.717, 1.165) is 5.75 Å². The van der Waals surface area contributed by atoms with Gasteiger partial charge in [-0.1, -0.05) is 42.1 Å². The molecule has 21 heavy (non-hydrogen) atoms. The van der Waals surface area contributed by atoms with Crippen LogP contribution in [0.15, 0.2) is 30.3 Å². The Morgan fingerprint density at radius 1 is 1.33 bits per heavy atom. The highest BCUT2D eigenvalue weighted by molar-refractivity contribution is 8.13. The van der Waals surface area contributed by atoms with Crippen LogP contribution in [-0.4, -0.2) is 46.0 Å². The van der Waals surface area contributed by atoms with E-state index in [9.17, 15) is 19.5 Å². The van der Waals surface area contributed by atoms with E-state index in [1.807, 2.05) is 0 Å². The van der Waals surface area contributed by atoms with E-state index in [-0.39, 0.29) is 17.6 Å². The molecular formula is C14H16N2O4S. The number of thioether (sulfide) groups is 1. The molecule has 1 aliphatic heterocycles. The molecule has 1 saturated heterocycles. The monoisotopic (exact) mass is 308 g/mol. The number of rotatable bonds is 6. The molecule has 112 valence electrons. The van der Waals surface area contributed by atoms with Gasteiger partial charge in [0.15, 0.2) is 6.04 Å². The van der Waals surface area contributed by atoms with Gasteiger partial charge in [-0.2, -0.15) is 0 Å². The third-order valence-electron chi connectivity index (χ3n) is 3.14. The van der Waals surface area contributed by atoms with Gasteiger partial charge >= 0.3 is 5.97 Å². The number of carbonyl (C=O) groups is 3. The van der Waals surface area contributed by atoms with E-state index in [4.69, 9.17) is 0 Å². The fraction of sp³-hybridized carbons (Fsp3) is 0.357. The quantitative estimate of drug-likeness (QED) is 0.831. The number of carboxylic acid groups (broad SMARTS) is 1. The maximum atomic E-state index is 11.9. The molecule has 0 aliphatic carbocycles.